The Morgan fingerprint density at radius 2 is 2.21 bits per heavy atom. The molecule has 0 saturated carbocycles. The summed E-state index contributed by atoms with van der Waals surface area (Å²) < 4.78 is 4.81. The van der Waals surface area contributed by atoms with Crippen molar-refractivity contribution in [3.05, 3.63) is 29.8 Å². The lowest BCUT2D eigenvalue weighted by atomic mass is 10.2. The third-order valence-corrected chi connectivity index (χ3v) is 1.61. The highest BCUT2D eigenvalue weighted by Gasteiger charge is 2.10. The number of para-hydroxylation sites is 1. The molecule has 1 rings (SSSR count). The first kappa shape index (κ1) is 10.2. The van der Waals surface area contributed by atoms with Crippen molar-refractivity contribution >= 4 is 18.1 Å². The monoisotopic (exact) mass is 192 g/mol. The van der Waals surface area contributed by atoms with E-state index in [1.165, 1.54) is 6.41 Å². The average Bonchev–Trinajstić information content (AvgIpc) is 2.19. The van der Waals surface area contributed by atoms with Crippen molar-refractivity contribution in [1.29, 1.82) is 0 Å². The molecule has 0 atom stereocenters. The van der Waals surface area contributed by atoms with Crippen LogP contribution in [0.25, 0.3) is 0 Å². The Labute approximate surface area is 81.9 Å². The largest absolute Gasteiger partial charge is 0.462 e. The van der Waals surface area contributed by atoms with E-state index in [4.69, 9.17) is 4.74 Å². The quantitative estimate of drug-likeness (QED) is 0.578. The molecular weight excluding hydrogens is 182 g/mol. The topological polar surface area (TPSA) is 55.4 Å². The van der Waals surface area contributed by atoms with Crippen LogP contribution in [0.3, 0.4) is 0 Å². The van der Waals surface area contributed by atoms with E-state index in [9.17, 15) is 9.59 Å². The van der Waals surface area contributed by atoms with Crippen LogP contribution in [0, 0.1) is 0 Å². The summed E-state index contributed by atoms with van der Waals surface area (Å²) in [6.07, 6.45) is 1.51. The predicted octanol–water partition coefficient (Wildman–Crippen LogP) is 1.34. The van der Waals surface area contributed by atoms with Crippen molar-refractivity contribution in [3.8, 4) is 0 Å². The minimum Gasteiger partial charge on any atom is -0.462 e. The van der Waals surface area contributed by atoms with Gasteiger partial charge in [0.05, 0.1) is 17.9 Å². The maximum Gasteiger partial charge on any atom is 0.340 e. The molecule has 0 aliphatic rings. The second-order valence-electron chi connectivity index (χ2n) is 2.49. The van der Waals surface area contributed by atoms with E-state index < -0.39 is 5.97 Å². The van der Waals surface area contributed by atoms with Crippen molar-refractivity contribution in [3.63, 3.8) is 0 Å². The molecule has 1 N–H and O–H groups in total. The van der Waals surface area contributed by atoms with Crippen LogP contribution in [0.4, 0.5) is 5.69 Å². The standard InChI is InChI=1S/C10H10NO3/c1-2-14-10(13)8-5-3-4-6-9(8)11-7-12/h3-6H,2H2,1H3,(H,11,12). The molecule has 0 fully saturated rings. The van der Waals surface area contributed by atoms with Gasteiger partial charge in [0.1, 0.15) is 0 Å². The molecule has 4 heteroatoms. The molecule has 0 aliphatic heterocycles. The maximum atomic E-state index is 11.3. The van der Waals surface area contributed by atoms with E-state index in [0.29, 0.717) is 17.9 Å². The summed E-state index contributed by atoms with van der Waals surface area (Å²) in [5.74, 6) is -0.453. The lowest BCUT2D eigenvalue weighted by molar-refractivity contribution is 0.0527. The molecule has 1 amide bonds. The van der Waals surface area contributed by atoms with Gasteiger partial charge in [-0.25, -0.2) is 4.79 Å². The highest BCUT2D eigenvalue weighted by Crippen LogP contribution is 2.14. The van der Waals surface area contributed by atoms with Crippen molar-refractivity contribution < 1.29 is 14.3 Å². The van der Waals surface area contributed by atoms with Crippen LogP contribution in [-0.4, -0.2) is 19.0 Å². The minimum atomic E-state index is -0.453. The minimum absolute atomic E-state index is 0.304. The number of hydrogen-bond acceptors (Lipinski definition) is 3. The summed E-state index contributed by atoms with van der Waals surface area (Å²) in [4.78, 5) is 21.5. The van der Waals surface area contributed by atoms with Crippen LogP contribution in [-0.2, 0) is 9.53 Å². The SMILES string of the molecule is CCOC(=O)c1ccccc1N[C]=O. The number of rotatable bonds is 4. The molecule has 0 bridgehead atoms. The lowest BCUT2D eigenvalue weighted by Crippen LogP contribution is -2.08. The van der Waals surface area contributed by atoms with E-state index in [1.54, 1.807) is 31.2 Å². The van der Waals surface area contributed by atoms with E-state index in [-0.39, 0.29) is 0 Å². The molecule has 1 aromatic carbocycles. The van der Waals surface area contributed by atoms with Crippen LogP contribution in [0.5, 0.6) is 0 Å². The third kappa shape index (κ3) is 2.32. The molecule has 0 heterocycles. The number of carbonyl (C=O) groups excluding carboxylic acids is 2. The van der Waals surface area contributed by atoms with Gasteiger partial charge in [-0.05, 0) is 19.1 Å². The fourth-order valence-corrected chi connectivity index (χ4v) is 1.03. The molecule has 0 aromatic heterocycles. The Morgan fingerprint density at radius 3 is 2.86 bits per heavy atom. The first-order chi connectivity index (χ1) is 6.79. The van der Waals surface area contributed by atoms with Gasteiger partial charge in [-0.3, -0.25) is 4.79 Å². The molecule has 0 aliphatic carbocycles. The molecule has 1 aromatic rings. The Morgan fingerprint density at radius 1 is 1.50 bits per heavy atom. The van der Waals surface area contributed by atoms with Gasteiger partial charge < -0.3 is 10.1 Å². The predicted molar refractivity (Wildman–Crippen MR) is 51.7 cm³/mol. The normalized spacial score (nSPS) is 9.21. The van der Waals surface area contributed by atoms with E-state index >= 15 is 0 Å². The Balaban J connectivity index is 2.93. The van der Waals surface area contributed by atoms with Gasteiger partial charge in [-0.2, -0.15) is 0 Å². The van der Waals surface area contributed by atoms with Gasteiger partial charge in [0.25, 0.3) is 0 Å². The summed E-state index contributed by atoms with van der Waals surface area (Å²) in [5, 5.41) is 2.31. The van der Waals surface area contributed by atoms with Gasteiger partial charge in [-0.1, -0.05) is 12.1 Å². The van der Waals surface area contributed by atoms with Gasteiger partial charge >= 0.3 is 12.4 Å². The molecule has 0 spiro atoms. The van der Waals surface area contributed by atoms with Gasteiger partial charge in [0, 0.05) is 0 Å². The zero-order chi connectivity index (χ0) is 10.4. The summed E-state index contributed by atoms with van der Waals surface area (Å²) >= 11 is 0. The maximum absolute atomic E-state index is 11.3. The van der Waals surface area contributed by atoms with E-state index in [1.807, 2.05) is 0 Å². The highest BCUT2D eigenvalue weighted by molar-refractivity contribution is 5.97. The smallest absolute Gasteiger partial charge is 0.340 e. The van der Waals surface area contributed by atoms with Crippen LogP contribution < -0.4 is 5.32 Å². The Hall–Kier alpha value is -1.84. The zero-order valence-electron chi connectivity index (χ0n) is 7.74. The van der Waals surface area contributed by atoms with Crippen molar-refractivity contribution in [1.82, 2.24) is 0 Å². The fraction of sp³-hybridized carbons (Fsp3) is 0.200. The highest BCUT2D eigenvalue weighted by atomic mass is 16.5. The van der Waals surface area contributed by atoms with Crippen molar-refractivity contribution in [2.75, 3.05) is 11.9 Å². The van der Waals surface area contributed by atoms with Gasteiger partial charge in [-0.15, -0.1) is 0 Å². The van der Waals surface area contributed by atoms with Gasteiger partial charge in [0.2, 0.25) is 0 Å². The number of amides is 1. The summed E-state index contributed by atoms with van der Waals surface area (Å²) in [6.45, 7) is 2.03. The van der Waals surface area contributed by atoms with Crippen LogP contribution in [0.1, 0.15) is 17.3 Å². The summed E-state index contributed by atoms with van der Waals surface area (Å²) in [7, 11) is 0. The number of anilines is 1. The Kier molecular flexibility index (Phi) is 3.67. The number of carbonyl (C=O) groups is 1. The molecule has 14 heavy (non-hydrogen) atoms. The molecular formula is C10H10NO3. The first-order valence-corrected chi connectivity index (χ1v) is 4.19. The molecule has 0 unspecified atom stereocenters. The van der Waals surface area contributed by atoms with Gasteiger partial charge in [0.15, 0.2) is 0 Å². The number of esters is 1. The summed E-state index contributed by atoms with van der Waals surface area (Å²) in [6, 6.07) is 6.60. The van der Waals surface area contributed by atoms with E-state index in [0.717, 1.165) is 0 Å². The Bertz CT molecular complexity index is 336. The number of ether oxygens (including phenoxy) is 1. The zero-order valence-corrected chi connectivity index (χ0v) is 7.74. The number of nitrogens with one attached hydrogen (secondary N) is 1. The number of hydrogen-bond donors (Lipinski definition) is 1. The van der Waals surface area contributed by atoms with Crippen molar-refractivity contribution in [2.45, 2.75) is 6.92 Å². The fourth-order valence-electron chi connectivity index (χ4n) is 1.03. The lowest BCUT2D eigenvalue weighted by Gasteiger charge is -2.05. The van der Waals surface area contributed by atoms with Crippen LogP contribution in [0.2, 0.25) is 0 Å². The van der Waals surface area contributed by atoms with Crippen LogP contribution >= 0.6 is 0 Å². The average molecular weight is 192 g/mol. The molecule has 73 valence electrons. The summed E-state index contributed by atoms with van der Waals surface area (Å²) in [5.41, 5.74) is 0.735. The molecule has 1 radical (unpaired) electrons. The second-order valence-corrected chi connectivity index (χ2v) is 2.49. The number of benzene rings is 1. The van der Waals surface area contributed by atoms with E-state index in [2.05, 4.69) is 5.32 Å². The van der Waals surface area contributed by atoms with Crippen LogP contribution in [0.15, 0.2) is 24.3 Å². The molecule has 0 saturated heterocycles. The second kappa shape index (κ2) is 5.01. The van der Waals surface area contributed by atoms with Crippen molar-refractivity contribution in [2.24, 2.45) is 0 Å². The molecule has 4 nitrogen and oxygen atoms in total. The first-order valence-electron chi connectivity index (χ1n) is 4.19. The third-order valence-electron chi connectivity index (χ3n) is 1.61.